The number of anilines is 1. The maximum Gasteiger partial charge on any atom is 0.232 e. The molecule has 126 valence electrons. The Labute approximate surface area is 146 Å². The zero-order valence-electron chi connectivity index (χ0n) is 14.7. The highest BCUT2D eigenvalue weighted by Gasteiger charge is 2.23. The number of furan rings is 1. The standard InChI is InChI=1S/C20H20N4O/c1-13-7-4-5-9-17(13)24-15(3)14(2)18-19(21)23(12-22-20(18)24)11-16-8-6-10-25-16/h4-10,12,21H,11H2,1-3H3/p+1. The lowest BCUT2D eigenvalue weighted by atomic mass is 10.2. The Kier molecular flexibility index (Phi) is 3.57. The second-order valence-electron chi connectivity index (χ2n) is 6.37. The van der Waals surface area contributed by atoms with Crippen molar-refractivity contribution in [3.05, 3.63) is 71.6 Å². The zero-order valence-corrected chi connectivity index (χ0v) is 14.7. The number of rotatable bonds is 3. The van der Waals surface area contributed by atoms with Crippen molar-refractivity contribution in [1.82, 2.24) is 9.55 Å². The zero-order chi connectivity index (χ0) is 17.6. The second-order valence-corrected chi connectivity index (χ2v) is 6.37. The first-order valence-corrected chi connectivity index (χ1v) is 8.32. The number of benzene rings is 1. The molecule has 0 amide bonds. The average molecular weight is 333 g/mol. The molecule has 1 aromatic carbocycles. The van der Waals surface area contributed by atoms with Crippen LogP contribution in [0.5, 0.6) is 0 Å². The Balaban J connectivity index is 1.94. The van der Waals surface area contributed by atoms with Gasteiger partial charge in [0, 0.05) is 5.69 Å². The van der Waals surface area contributed by atoms with Crippen molar-refractivity contribution < 1.29 is 8.98 Å². The van der Waals surface area contributed by atoms with E-state index in [1.807, 2.05) is 28.8 Å². The van der Waals surface area contributed by atoms with Gasteiger partial charge in [0.05, 0.1) is 12.0 Å². The van der Waals surface area contributed by atoms with Gasteiger partial charge < -0.3 is 10.2 Å². The van der Waals surface area contributed by atoms with Crippen LogP contribution in [-0.2, 0) is 6.54 Å². The monoisotopic (exact) mass is 333 g/mol. The summed E-state index contributed by atoms with van der Waals surface area (Å²) < 4.78 is 9.55. The van der Waals surface area contributed by atoms with E-state index in [1.54, 1.807) is 12.6 Å². The summed E-state index contributed by atoms with van der Waals surface area (Å²) in [6.07, 6.45) is 3.45. The van der Waals surface area contributed by atoms with E-state index in [1.165, 1.54) is 5.56 Å². The third kappa shape index (κ3) is 2.39. The van der Waals surface area contributed by atoms with E-state index in [4.69, 9.17) is 15.1 Å². The fraction of sp³-hybridized carbons (Fsp3) is 0.200. The number of nitrogens with zero attached hydrogens (tertiary/aromatic N) is 3. The summed E-state index contributed by atoms with van der Waals surface area (Å²) in [6, 6.07) is 12.1. The van der Waals surface area contributed by atoms with Gasteiger partial charge in [-0.1, -0.05) is 23.2 Å². The van der Waals surface area contributed by atoms with Crippen LogP contribution in [-0.4, -0.2) is 9.55 Å². The van der Waals surface area contributed by atoms with E-state index in [0.717, 1.165) is 33.7 Å². The molecule has 4 aromatic rings. The van der Waals surface area contributed by atoms with Crippen molar-refractivity contribution in [1.29, 1.82) is 0 Å². The van der Waals surface area contributed by atoms with Gasteiger partial charge in [-0.25, -0.2) is 4.57 Å². The molecule has 3 aromatic heterocycles. The molecule has 0 saturated heterocycles. The Morgan fingerprint density at radius 1 is 1.12 bits per heavy atom. The molecule has 5 heteroatoms. The number of hydrogen-bond donors (Lipinski definition) is 1. The molecule has 0 bridgehead atoms. The van der Waals surface area contributed by atoms with Crippen LogP contribution in [0.1, 0.15) is 22.6 Å². The maximum atomic E-state index is 6.50. The van der Waals surface area contributed by atoms with E-state index < -0.39 is 0 Å². The summed E-state index contributed by atoms with van der Waals surface area (Å²) in [5.41, 5.74) is 12.0. The number of nitrogen functional groups attached to an aromatic ring is 1. The molecule has 4 rings (SSSR count). The number of fused-ring (bicyclic) bond motifs is 1. The number of aryl methyl sites for hydroxylation is 2. The van der Waals surface area contributed by atoms with Crippen molar-refractivity contribution in [3.8, 4) is 5.69 Å². The SMILES string of the molecule is Cc1ccccc1-n1c(C)c(C)c2c(N)[n+](Cc3ccco3)cnc21. The third-order valence-corrected chi connectivity index (χ3v) is 4.84. The lowest BCUT2D eigenvalue weighted by Crippen LogP contribution is -2.38. The van der Waals surface area contributed by atoms with Crippen LogP contribution in [0.4, 0.5) is 5.82 Å². The summed E-state index contributed by atoms with van der Waals surface area (Å²) in [5, 5.41) is 0.995. The smallest absolute Gasteiger partial charge is 0.232 e. The summed E-state index contributed by atoms with van der Waals surface area (Å²) in [5.74, 6) is 1.56. The maximum absolute atomic E-state index is 6.50. The van der Waals surface area contributed by atoms with Crippen LogP contribution in [0.2, 0.25) is 0 Å². The molecule has 0 aliphatic rings. The third-order valence-electron chi connectivity index (χ3n) is 4.84. The number of para-hydroxylation sites is 1. The van der Waals surface area contributed by atoms with Gasteiger partial charge in [0.15, 0.2) is 0 Å². The molecule has 0 unspecified atom stereocenters. The van der Waals surface area contributed by atoms with Gasteiger partial charge in [-0.3, -0.25) is 4.57 Å². The lowest BCUT2D eigenvalue weighted by Gasteiger charge is -2.09. The Hall–Kier alpha value is -3.08. The predicted octanol–water partition coefficient (Wildman–Crippen LogP) is 3.46. The molecule has 0 radical (unpaired) electrons. The van der Waals surface area contributed by atoms with Gasteiger partial charge in [-0.15, -0.1) is 0 Å². The minimum absolute atomic E-state index is 0.565. The van der Waals surface area contributed by atoms with Gasteiger partial charge in [0.1, 0.15) is 17.7 Å². The molecule has 2 N–H and O–H groups in total. The number of nitrogens with two attached hydrogens (primary N) is 1. The van der Waals surface area contributed by atoms with Crippen molar-refractivity contribution in [3.63, 3.8) is 0 Å². The van der Waals surface area contributed by atoms with E-state index in [9.17, 15) is 0 Å². The first kappa shape index (κ1) is 15.4. The first-order chi connectivity index (χ1) is 12.1. The summed E-state index contributed by atoms with van der Waals surface area (Å²) in [6.45, 7) is 6.89. The largest absolute Gasteiger partial charge is 0.466 e. The van der Waals surface area contributed by atoms with Crippen molar-refractivity contribution in [2.45, 2.75) is 27.3 Å². The Bertz CT molecular complexity index is 1060. The summed E-state index contributed by atoms with van der Waals surface area (Å²) in [7, 11) is 0. The minimum atomic E-state index is 0.565. The number of aromatic nitrogens is 3. The molecule has 0 aliphatic carbocycles. The molecule has 3 heterocycles. The summed E-state index contributed by atoms with van der Waals surface area (Å²) in [4.78, 5) is 4.73. The molecule has 0 saturated carbocycles. The van der Waals surface area contributed by atoms with E-state index in [2.05, 4.69) is 37.5 Å². The molecular weight excluding hydrogens is 312 g/mol. The molecule has 0 fully saturated rings. The summed E-state index contributed by atoms with van der Waals surface area (Å²) >= 11 is 0. The van der Waals surface area contributed by atoms with E-state index in [0.29, 0.717) is 12.4 Å². The van der Waals surface area contributed by atoms with E-state index >= 15 is 0 Å². The van der Waals surface area contributed by atoms with Gasteiger partial charge in [0.25, 0.3) is 0 Å². The minimum Gasteiger partial charge on any atom is -0.466 e. The molecule has 0 aliphatic heterocycles. The molecular formula is C20H21N4O+. The topological polar surface area (TPSA) is 60.9 Å². The highest BCUT2D eigenvalue weighted by molar-refractivity contribution is 5.91. The van der Waals surface area contributed by atoms with Crippen LogP contribution in [0, 0.1) is 20.8 Å². The number of hydrogen-bond acceptors (Lipinski definition) is 3. The van der Waals surface area contributed by atoms with Crippen LogP contribution in [0.25, 0.3) is 16.7 Å². The van der Waals surface area contributed by atoms with Crippen molar-refractivity contribution >= 4 is 16.9 Å². The highest BCUT2D eigenvalue weighted by Crippen LogP contribution is 2.30. The van der Waals surface area contributed by atoms with E-state index in [-0.39, 0.29) is 0 Å². The van der Waals surface area contributed by atoms with Crippen LogP contribution in [0.3, 0.4) is 0 Å². The normalized spacial score (nSPS) is 11.3. The molecule has 0 atom stereocenters. The predicted molar refractivity (Wildman–Crippen MR) is 97.7 cm³/mol. The highest BCUT2D eigenvalue weighted by atomic mass is 16.3. The van der Waals surface area contributed by atoms with Crippen LogP contribution < -0.4 is 10.3 Å². The van der Waals surface area contributed by atoms with Crippen molar-refractivity contribution in [2.24, 2.45) is 0 Å². The fourth-order valence-corrected chi connectivity index (χ4v) is 3.35. The second kappa shape index (κ2) is 5.77. The van der Waals surface area contributed by atoms with Gasteiger partial charge in [-0.05, 0) is 50.1 Å². The molecule has 5 nitrogen and oxygen atoms in total. The average Bonchev–Trinajstić information content (AvgIpc) is 3.19. The van der Waals surface area contributed by atoms with Crippen LogP contribution in [0.15, 0.2) is 53.4 Å². The lowest BCUT2D eigenvalue weighted by molar-refractivity contribution is -0.677. The van der Waals surface area contributed by atoms with Crippen LogP contribution >= 0.6 is 0 Å². The first-order valence-electron chi connectivity index (χ1n) is 8.32. The van der Waals surface area contributed by atoms with Gasteiger partial charge >= 0.3 is 0 Å². The fourth-order valence-electron chi connectivity index (χ4n) is 3.35. The molecule has 0 spiro atoms. The quantitative estimate of drug-likeness (QED) is 0.584. The Morgan fingerprint density at radius 3 is 2.64 bits per heavy atom. The van der Waals surface area contributed by atoms with Gasteiger partial charge in [-0.2, -0.15) is 0 Å². The Morgan fingerprint density at radius 2 is 1.92 bits per heavy atom. The molecule has 25 heavy (non-hydrogen) atoms. The van der Waals surface area contributed by atoms with Gasteiger partial charge in [0.2, 0.25) is 17.8 Å². The van der Waals surface area contributed by atoms with Crippen molar-refractivity contribution in [2.75, 3.05) is 5.73 Å².